The lowest BCUT2D eigenvalue weighted by Gasteiger charge is -2.52. The smallest absolute Gasteiger partial charge is 0.252 e. The quantitative estimate of drug-likeness (QED) is 0.341. The number of hydrogen-bond donors (Lipinski definition) is 6. The Morgan fingerprint density at radius 2 is 1.90 bits per heavy atom. The summed E-state index contributed by atoms with van der Waals surface area (Å²) < 4.78 is 15.8. The van der Waals surface area contributed by atoms with Crippen molar-refractivity contribution in [3.8, 4) is 5.75 Å². The van der Waals surface area contributed by atoms with Crippen LogP contribution in [0.25, 0.3) is 0 Å². The molecule has 0 bridgehead atoms. The van der Waals surface area contributed by atoms with Gasteiger partial charge < -0.3 is 31.5 Å². The van der Waals surface area contributed by atoms with Crippen molar-refractivity contribution in [2.75, 3.05) is 19.4 Å². The number of aliphatic hydroxyl groups excluding tert-OH is 2. The van der Waals surface area contributed by atoms with Gasteiger partial charge in [0, 0.05) is 40.4 Å². The fourth-order valence-corrected chi connectivity index (χ4v) is 6.40. The number of anilines is 1. The Hall–Kier alpha value is -4.15. The van der Waals surface area contributed by atoms with Crippen molar-refractivity contribution < 1.29 is 34.4 Å². The molecule has 0 unspecified atom stereocenters. The molecule has 39 heavy (non-hydrogen) atoms. The molecular weight excluding hydrogens is 505 g/mol. The van der Waals surface area contributed by atoms with Crippen molar-refractivity contribution in [2.45, 2.75) is 31.0 Å². The average Bonchev–Trinajstić information content (AvgIpc) is 2.87. The van der Waals surface area contributed by atoms with Crippen molar-refractivity contribution in [2.24, 2.45) is 17.6 Å². The molecular formula is C29H30FN3O6. The topological polar surface area (TPSA) is 156 Å². The molecule has 0 heterocycles. The number of hydrogen-bond acceptors (Lipinski definition) is 8. The summed E-state index contributed by atoms with van der Waals surface area (Å²) in [6, 6.07) is 9.35. The van der Waals surface area contributed by atoms with E-state index in [1.807, 2.05) is 30.3 Å². The Balaban J connectivity index is 1.61. The van der Waals surface area contributed by atoms with Gasteiger partial charge in [0.1, 0.15) is 23.1 Å². The van der Waals surface area contributed by atoms with Crippen molar-refractivity contribution in [1.82, 2.24) is 4.90 Å². The van der Waals surface area contributed by atoms with Gasteiger partial charge in [-0.2, -0.15) is 0 Å². The van der Waals surface area contributed by atoms with Crippen LogP contribution in [-0.4, -0.2) is 62.8 Å². The number of carbonyl (C=O) groups excluding carboxylic acids is 2. The first kappa shape index (κ1) is 26.5. The number of allylic oxidation sites excluding steroid dienone is 1. The minimum atomic E-state index is -2.29. The minimum Gasteiger partial charge on any atom is -0.510 e. The lowest BCUT2D eigenvalue weighted by molar-refractivity contribution is -0.115. The normalized spacial score (nSPS) is 26.3. The highest BCUT2D eigenvalue weighted by Crippen LogP contribution is 2.55. The summed E-state index contributed by atoms with van der Waals surface area (Å²) >= 11 is 0. The SMILES string of the molecule is C=C1C(C(N)=O)=C(O)[C@@H](N(C)C)[C@@H]2C[C@@H]3Cc4c(F)c(CNc5ccccc5)cc(O)c4C(=O)C3=C(O)[C@]12O. The first-order chi connectivity index (χ1) is 18.4. The van der Waals surface area contributed by atoms with Gasteiger partial charge in [-0.1, -0.05) is 24.8 Å². The van der Waals surface area contributed by atoms with Crippen LogP contribution in [0, 0.1) is 17.7 Å². The monoisotopic (exact) mass is 535 g/mol. The number of rotatable bonds is 5. The van der Waals surface area contributed by atoms with Gasteiger partial charge in [-0.25, -0.2) is 4.39 Å². The number of ketones is 1. The van der Waals surface area contributed by atoms with Crippen LogP contribution in [-0.2, 0) is 17.8 Å². The molecule has 0 aliphatic heterocycles. The van der Waals surface area contributed by atoms with E-state index >= 15 is 4.39 Å². The van der Waals surface area contributed by atoms with Gasteiger partial charge in [-0.3, -0.25) is 14.5 Å². The number of Topliss-reactive ketones (excluding diaryl/α,β-unsaturated/α-hetero) is 1. The zero-order valence-electron chi connectivity index (χ0n) is 21.5. The molecule has 5 rings (SSSR count). The van der Waals surface area contributed by atoms with E-state index in [1.54, 1.807) is 19.0 Å². The molecule has 204 valence electrons. The van der Waals surface area contributed by atoms with Gasteiger partial charge in [0.2, 0.25) is 0 Å². The first-order valence-corrected chi connectivity index (χ1v) is 12.5. The molecule has 0 radical (unpaired) electrons. The number of phenols is 1. The van der Waals surface area contributed by atoms with Crippen LogP contribution < -0.4 is 11.1 Å². The Morgan fingerprint density at radius 1 is 1.23 bits per heavy atom. The molecule has 7 N–H and O–H groups in total. The van der Waals surface area contributed by atoms with Gasteiger partial charge in [-0.05, 0) is 51.1 Å². The number of para-hydroxylation sites is 1. The molecule has 0 saturated heterocycles. The van der Waals surface area contributed by atoms with Crippen LogP contribution in [0.4, 0.5) is 10.1 Å². The predicted molar refractivity (Wildman–Crippen MR) is 142 cm³/mol. The maximum atomic E-state index is 15.8. The lowest BCUT2D eigenvalue weighted by Crippen LogP contribution is -2.60. The summed E-state index contributed by atoms with van der Waals surface area (Å²) in [5, 5.41) is 48.1. The second kappa shape index (κ2) is 9.25. The van der Waals surface area contributed by atoms with E-state index in [0.717, 1.165) is 5.69 Å². The highest BCUT2D eigenvalue weighted by Gasteiger charge is 2.60. The summed E-state index contributed by atoms with van der Waals surface area (Å²) in [5.74, 6) is -5.77. The summed E-state index contributed by atoms with van der Waals surface area (Å²) in [7, 11) is 3.24. The molecule has 4 atom stereocenters. The molecule has 10 heteroatoms. The average molecular weight is 536 g/mol. The largest absolute Gasteiger partial charge is 0.510 e. The third kappa shape index (κ3) is 3.82. The maximum absolute atomic E-state index is 15.8. The molecule has 3 aliphatic carbocycles. The molecule has 2 aromatic rings. The van der Waals surface area contributed by atoms with Crippen LogP contribution in [0.1, 0.15) is 27.9 Å². The molecule has 0 fully saturated rings. The van der Waals surface area contributed by atoms with E-state index in [0.29, 0.717) is 0 Å². The number of halogens is 1. The van der Waals surface area contributed by atoms with E-state index in [-0.39, 0.29) is 47.2 Å². The first-order valence-electron chi connectivity index (χ1n) is 12.5. The number of benzene rings is 2. The number of amides is 1. The predicted octanol–water partition coefficient (Wildman–Crippen LogP) is 2.86. The number of fused-ring (bicyclic) bond motifs is 3. The minimum absolute atomic E-state index is 0.0190. The Bertz CT molecular complexity index is 1480. The number of nitrogens with one attached hydrogen (secondary N) is 1. The summed E-state index contributed by atoms with van der Waals surface area (Å²) in [6.45, 7) is 3.81. The summed E-state index contributed by atoms with van der Waals surface area (Å²) in [6.07, 6.45) is 0.0110. The zero-order valence-corrected chi connectivity index (χ0v) is 21.5. The molecule has 1 amide bonds. The number of phenolic OH excluding ortho intramolecular Hbond substituents is 1. The van der Waals surface area contributed by atoms with E-state index in [4.69, 9.17) is 5.73 Å². The number of aliphatic hydroxyl groups is 3. The van der Waals surface area contributed by atoms with E-state index in [1.165, 1.54) is 6.07 Å². The third-order valence-corrected chi connectivity index (χ3v) is 8.18. The molecule has 9 nitrogen and oxygen atoms in total. The number of aromatic hydroxyl groups is 1. The van der Waals surface area contributed by atoms with Crippen molar-refractivity contribution in [1.29, 1.82) is 0 Å². The highest BCUT2D eigenvalue weighted by molar-refractivity contribution is 6.13. The van der Waals surface area contributed by atoms with Gasteiger partial charge in [0.25, 0.3) is 5.91 Å². The summed E-state index contributed by atoms with van der Waals surface area (Å²) in [5.41, 5.74) is 2.90. The molecule has 0 aromatic heterocycles. The molecule has 0 spiro atoms. The summed E-state index contributed by atoms with van der Waals surface area (Å²) in [4.78, 5) is 27.5. The van der Waals surface area contributed by atoms with E-state index in [2.05, 4.69) is 11.9 Å². The van der Waals surface area contributed by atoms with Crippen LogP contribution in [0.5, 0.6) is 5.75 Å². The number of nitrogens with zero attached hydrogens (tertiary/aromatic N) is 1. The lowest BCUT2D eigenvalue weighted by atomic mass is 9.57. The Labute approximate surface area is 224 Å². The number of likely N-dealkylation sites (N-methyl/N-ethyl adjacent to an activating group) is 1. The van der Waals surface area contributed by atoms with Crippen LogP contribution in [0.2, 0.25) is 0 Å². The fraction of sp³-hybridized carbons (Fsp3) is 0.310. The fourth-order valence-electron chi connectivity index (χ4n) is 6.40. The van der Waals surface area contributed by atoms with Crippen LogP contribution in [0.15, 0.2) is 71.2 Å². The molecule has 2 aromatic carbocycles. The number of nitrogens with two attached hydrogens (primary N) is 1. The second-order valence-electron chi connectivity index (χ2n) is 10.6. The van der Waals surface area contributed by atoms with Crippen LogP contribution in [0.3, 0.4) is 0 Å². The van der Waals surface area contributed by atoms with Crippen molar-refractivity contribution in [3.05, 3.63) is 93.7 Å². The van der Waals surface area contributed by atoms with Gasteiger partial charge in [0.15, 0.2) is 11.4 Å². The molecule has 0 saturated carbocycles. The van der Waals surface area contributed by atoms with Crippen molar-refractivity contribution in [3.63, 3.8) is 0 Å². The number of carbonyl (C=O) groups is 2. The van der Waals surface area contributed by atoms with Gasteiger partial charge in [0.05, 0.1) is 17.2 Å². The van der Waals surface area contributed by atoms with Crippen LogP contribution >= 0.6 is 0 Å². The van der Waals surface area contributed by atoms with E-state index < -0.39 is 63.8 Å². The van der Waals surface area contributed by atoms with E-state index in [9.17, 15) is 30.0 Å². The van der Waals surface area contributed by atoms with Gasteiger partial charge in [-0.15, -0.1) is 0 Å². The van der Waals surface area contributed by atoms with Crippen molar-refractivity contribution >= 4 is 17.4 Å². The number of primary amides is 1. The van der Waals surface area contributed by atoms with Gasteiger partial charge >= 0.3 is 0 Å². The maximum Gasteiger partial charge on any atom is 0.252 e. The standard InChI is InChI=1S/C29H30FN3O6/c1-13-20(28(31)38)26(36)24(33(2)3)18-10-14-9-17-22(25(35)21(14)27(37)29(13,18)39)19(34)11-15(23(17)30)12-32-16-7-5-4-6-8-16/h4-8,11,14,18,24,32,34,36-37,39H,1,9-10,12H2,2-3H3,(H2,31,38)/t14-,18-,24-,29-/m0/s1. The Morgan fingerprint density at radius 3 is 2.51 bits per heavy atom. The Kier molecular flexibility index (Phi) is 6.27. The molecule has 3 aliphatic rings. The third-order valence-electron chi connectivity index (χ3n) is 8.18. The zero-order chi connectivity index (χ0) is 28.4. The highest BCUT2D eigenvalue weighted by atomic mass is 19.1. The second-order valence-corrected chi connectivity index (χ2v) is 10.6.